The molecule has 0 atom stereocenters. The molecule has 1 rings (SSSR count). The van der Waals surface area contributed by atoms with Gasteiger partial charge in [-0.3, -0.25) is 0 Å². The second-order valence-corrected chi connectivity index (χ2v) is 1.49. The van der Waals surface area contributed by atoms with E-state index in [-0.39, 0.29) is 11.5 Å². The molecule has 0 saturated heterocycles. The zero-order valence-corrected chi connectivity index (χ0v) is 4.74. The van der Waals surface area contributed by atoms with E-state index in [0.29, 0.717) is 0 Å². The first kappa shape index (κ1) is 6.29. The number of aromatic carboxylic acids is 1. The van der Waals surface area contributed by atoms with Crippen molar-refractivity contribution < 1.29 is 14.4 Å². The van der Waals surface area contributed by atoms with Crippen LogP contribution in [0, 0.1) is 11.3 Å². The molecule has 0 bridgehead atoms. The summed E-state index contributed by atoms with van der Waals surface area (Å²) in [5.74, 6) is -1.55. The number of hydrogen-bond acceptors (Lipinski definition) is 4. The Morgan fingerprint density at radius 3 is 2.90 bits per heavy atom. The zero-order chi connectivity index (χ0) is 7.56. The van der Waals surface area contributed by atoms with Gasteiger partial charge in [0, 0.05) is 6.07 Å². The van der Waals surface area contributed by atoms with Gasteiger partial charge in [-0.1, -0.05) is 5.16 Å². The molecule has 5 heteroatoms. The fourth-order valence-corrected chi connectivity index (χ4v) is 0.429. The van der Waals surface area contributed by atoms with Gasteiger partial charge < -0.3 is 9.63 Å². The van der Waals surface area contributed by atoms with Crippen molar-refractivity contribution in [2.45, 2.75) is 0 Å². The molecule has 1 heterocycles. The van der Waals surface area contributed by atoms with E-state index in [1.54, 1.807) is 6.07 Å². The predicted octanol–water partition coefficient (Wildman–Crippen LogP) is 0.244. The molecular weight excluding hydrogens is 136 g/mol. The average Bonchev–Trinajstić information content (AvgIpc) is 2.34. The summed E-state index contributed by atoms with van der Waals surface area (Å²) >= 11 is 0. The van der Waals surface area contributed by atoms with Crippen LogP contribution >= 0.6 is 0 Å². The van der Waals surface area contributed by atoms with Crippen LogP contribution in [0.3, 0.4) is 0 Å². The van der Waals surface area contributed by atoms with Gasteiger partial charge in [-0.2, -0.15) is 5.26 Å². The number of hydrogen-bond donors (Lipinski definition) is 1. The third kappa shape index (κ3) is 0.951. The van der Waals surface area contributed by atoms with Crippen LogP contribution in [0.5, 0.6) is 0 Å². The molecule has 50 valence electrons. The monoisotopic (exact) mass is 138 g/mol. The fourth-order valence-electron chi connectivity index (χ4n) is 0.429. The van der Waals surface area contributed by atoms with Crippen LogP contribution in [0.15, 0.2) is 10.6 Å². The Morgan fingerprint density at radius 1 is 1.90 bits per heavy atom. The minimum absolute atomic E-state index is 0.0302. The molecule has 5 nitrogen and oxygen atoms in total. The Hall–Kier alpha value is -1.83. The number of carboxylic acid groups (broad SMARTS) is 1. The average molecular weight is 138 g/mol. The van der Waals surface area contributed by atoms with E-state index in [4.69, 9.17) is 10.4 Å². The molecule has 0 fully saturated rings. The Morgan fingerprint density at radius 2 is 2.60 bits per heavy atom. The summed E-state index contributed by atoms with van der Waals surface area (Å²) < 4.78 is 4.24. The number of aromatic nitrogens is 1. The maximum atomic E-state index is 10.1. The molecule has 0 unspecified atom stereocenters. The van der Waals surface area contributed by atoms with Crippen LogP contribution in [0.4, 0.5) is 0 Å². The van der Waals surface area contributed by atoms with E-state index in [0.717, 1.165) is 6.07 Å². The normalized spacial score (nSPS) is 8.70. The van der Waals surface area contributed by atoms with Crippen molar-refractivity contribution in [3.63, 3.8) is 0 Å². The van der Waals surface area contributed by atoms with Gasteiger partial charge in [-0.25, -0.2) is 4.79 Å². The largest absolute Gasteiger partial charge is 0.475 e. The quantitative estimate of drug-likeness (QED) is 0.600. The topological polar surface area (TPSA) is 87.1 Å². The number of carbonyl (C=O) groups is 1. The molecule has 1 N–H and O–H groups in total. The van der Waals surface area contributed by atoms with E-state index in [9.17, 15) is 4.79 Å². The summed E-state index contributed by atoms with van der Waals surface area (Å²) in [6.07, 6.45) is 0. The minimum atomic E-state index is -1.23. The molecule has 0 saturated carbocycles. The summed E-state index contributed by atoms with van der Waals surface area (Å²) in [7, 11) is 0. The van der Waals surface area contributed by atoms with Crippen LogP contribution in [0.25, 0.3) is 0 Å². The molecule has 0 aliphatic heterocycles. The summed E-state index contributed by atoms with van der Waals surface area (Å²) in [6.45, 7) is 0. The lowest BCUT2D eigenvalue weighted by Gasteiger charge is -1.76. The zero-order valence-electron chi connectivity index (χ0n) is 4.74. The van der Waals surface area contributed by atoms with Crippen LogP contribution in [-0.2, 0) is 0 Å². The molecule has 0 aromatic carbocycles. The van der Waals surface area contributed by atoms with Gasteiger partial charge in [0.15, 0.2) is 5.69 Å². The smallest absolute Gasteiger partial charge is 0.374 e. The maximum absolute atomic E-state index is 10.1. The molecule has 10 heavy (non-hydrogen) atoms. The highest BCUT2D eigenvalue weighted by Crippen LogP contribution is 2.00. The standard InChI is InChI=1S/C5H2N2O3/c6-2-3-1-4(5(8)9)10-7-3/h1H,(H,8,9). The lowest BCUT2D eigenvalue weighted by molar-refractivity contribution is 0.0652. The summed E-state index contributed by atoms with van der Waals surface area (Å²) in [6, 6.07) is 2.69. The maximum Gasteiger partial charge on any atom is 0.374 e. The summed E-state index contributed by atoms with van der Waals surface area (Å²) in [4.78, 5) is 10.1. The van der Waals surface area contributed by atoms with Gasteiger partial charge in [0.2, 0.25) is 5.76 Å². The van der Waals surface area contributed by atoms with Crippen molar-refractivity contribution >= 4 is 5.97 Å². The third-order valence-corrected chi connectivity index (χ3v) is 0.835. The number of rotatable bonds is 1. The van der Waals surface area contributed by atoms with E-state index < -0.39 is 5.97 Å². The van der Waals surface area contributed by atoms with Crippen LogP contribution in [-0.4, -0.2) is 16.2 Å². The van der Waals surface area contributed by atoms with Crippen molar-refractivity contribution in [1.29, 1.82) is 5.26 Å². The summed E-state index contributed by atoms with van der Waals surface area (Å²) in [5, 5.41) is 19.6. The first-order chi connectivity index (χ1) is 4.74. The summed E-state index contributed by atoms with van der Waals surface area (Å²) in [5.41, 5.74) is -0.0302. The first-order valence-electron chi connectivity index (χ1n) is 2.34. The van der Waals surface area contributed by atoms with Gasteiger partial charge in [-0.05, 0) is 0 Å². The predicted molar refractivity (Wildman–Crippen MR) is 28.2 cm³/mol. The molecule has 1 aromatic rings. The lowest BCUT2D eigenvalue weighted by Crippen LogP contribution is -1.91. The number of nitriles is 1. The lowest BCUT2D eigenvalue weighted by atomic mass is 10.4. The molecule has 0 radical (unpaired) electrons. The number of nitrogens with zero attached hydrogens (tertiary/aromatic N) is 2. The molecule has 0 aliphatic carbocycles. The van der Waals surface area contributed by atoms with Gasteiger partial charge in [-0.15, -0.1) is 0 Å². The Bertz CT molecular complexity index is 296. The van der Waals surface area contributed by atoms with E-state index >= 15 is 0 Å². The fraction of sp³-hybridized carbons (Fsp3) is 0. The van der Waals surface area contributed by atoms with Crippen molar-refractivity contribution in [3.8, 4) is 6.07 Å². The van der Waals surface area contributed by atoms with E-state index in [1.165, 1.54) is 0 Å². The van der Waals surface area contributed by atoms with Crippen molar-refractivity contribution in [2.75, 3.05) is 0 Å². The highest BCUT2D eigenvalue weighted by atomic mass is 16.5. The highest BCUT2D eigenvalue weighted by Gasteiger charge is 2.09. The van der Waals surface area contributed by atoms with Crippen molar-refractivity contribution in [2.24, 2.45) is 0 Å². The molecule has 1 aromatic heterocycles. The van der Waals surface area contributed by atoms with Crippen LogP contribution in [0.1, 0.15) is 16.2 Å². The number of carboxylic acids is 1. The van der Waals surface area contributed by atoms with Gasteiger partial charge >= 0.3 is 5.97 Å². The van der Waals surface area contributed by atoms with E-state index in [1.807, 2.05) is 0 Å². The van der Waals surface area contributed by atoms with Gasteiger partial charge in [0.05, 0.1) is 0 Å². The van der Waals surface area contributed by atoms with Crippen LogP contribution < -0.4 is 0 Å². The van der Waals surface area contributed by atoms with Crippen molar-refractivity contribution in [1.82, 2.24) is 5.16 Å². The minimum Gasteiger partial charge on any atom is -0.475 e. The molecular formula is C5H2N2O3. The van der Waals surface area contributed by atoms with Crippen molar-refractivity contribution in [3.05, 3.63) is 17.5 Å². The Labute approximate surface area is 55.5 Å². The Kier molecular flexibility index (Phi) is 1.38. The van der Waals surface area contributed by atoms with E-state index in [2.05, 4.69) is 9.68 Å². The molecule has 0 aliphatic rings. The first-order valence-corrected chi connectivity index (χ1v) is 2.34. The molecule has 0 spiro atoms. The Balaban J connectivity index is 3.02. The second kappa shape index (κ2) is 2.19. The second-order valence-electron chi connectivity index (χ2n) is 1.49. The third-order valence-electron chi connectivity index (χ3n) is 0.835. The SMILES string of the molecule is N#Cc1cc(C(=O)O)on1. The highest BCUT2D eigenvalue weighted by molar-refractivity contribution is 5.84. The van der Waals surface area contributed by atoms with Gasteiger partial charge in [0.1, 0.15) is 6.07 Å². The van der Waals surface area contributed by atoms with Crippen LogP contribution in [0.2, 0.25) is 0 Å². The van der Waals surface area contributed by atoms with Gasteiger partial charge in [0.25, 0.3) is 0 Å². The molecule has 0 amide bonds.